The van der Waals surface area contributed by atoms with E-state index < -0.39 is 5.91 Å². The number of hydrogen-bond acceptors (Lipinski definition) is 4. The molecular weight excluding hydrogens is 272 g/mol. The van der Waals surface area contributed by atoms with E-state index >= 15 is 0 Å². The summed E-state index contributed by atoms with van der Waals surface area (Å²) in [6, 6.07) is 3.26. The molecule has 1 aromatic rings. The first-order chi connectivity index (χ1) is 10.2. The van der Waals surface area contributed by atoms with Crippen LogP contribution in [-0.2, 0) is 11.3 Å². The lowest BCUT2D eigenvalue weighted by atomic mass is 10.2. The maximum Gasteiger partial charge on any atom is 0.284 e. The molecule has 0 radical (unpaired) electrons. The molecule has 1 unspecified atom stereocenters. The van der Waals surface area contributed by atoms with E-state index in [-0.39, 0.29) is 11.9 Å². The first kappa shape index (κ1) is 15.4. The number of nitrogens with two attached hydrogens (primary N) is 1. The number of aliphatic imine (C=N–C) groups is 1. The first-order valence-corrected chi connectivity index (χ1v) is 7.21. The topological polar surface area (TPSA) is 102 Å². The number of primary amides is 1. The fourth-order valence-electron chi connectivity index (χ4n) is 2.11. The van der Waals surface area contributed by atoms with Gasteiger partial charge in [0.25, 0.3) is 5.91 Å². The lowest BCUT2D eigenvalue weighted by Crippen LogP contribution is -2.41. The van der Waals surface area contributed by atoms with E-state index in [0.29, 0.717) is 18.3 Å². The van der Waals surface area contributed by atoms with Crippen LogP contribution >= 0.6 is 0 Å². The molecule has 7 nitrogen and oxygen atoms in total. The Balaban J connectivity index is 1.87. The van der Waals surface area contributed by atoms with Crippen molar-refractivity contribution in [1.82, 2.24) is 10.6 Å². The van der Waals surface area contributed by atoms with Gasteiger partial charge in [0.1, 0.15) is 12.3 Å². The minimum atomic E-state index is -0.575. The molecule has 116 valence electrons. The van der Waals surface area contributed by atoms with E-state index in [0.717, 1.165) is 32.5 Å². The van der Waals surface area contributed by atoms with Gasteiger partial charge in [-0.05, 0) is 31.9 Å². The Morgan fingerprint density at radius 2 is 2.33 bits per heavy atom. The SMILES string of the molecule is CCNC(=NCc1ccc(C(N)=O)o1)NCC1CCCO1. The summed E-state index contributed by atoms with van der Waals surface area (Å²) < 4.78 is 10.8. The number of carbonyl (C=O) groups is 1. The summed E-state index contributed by atoms with van der Waals surface area (Å²) in [5.41, 5.74) is 5.14. The van der Waals surface area contributed by atoms with Crippen molar-refractivity contribution < 1.29 is 13.9 Å². The van der Waals surface area contributed by atoms with Gasteiger partial charge in [-0.3, -0.25) is 4.79 Å². The van der Waals surface area contributed by atoms with Crippen LogP contribution in [0, 0.1) is 0 Å². The lowest BCUT2D eigenvalue weighted by molar-refractivity contribution is 0.0972. The summed E-state index contributed by atoms with van der Waals surface area (Å²) in [6.45, 7) is 4.68. The molecule has 0 spiro atoms. The summed E-state index contributed by atoms with van der Waals surface area (Å²) in [4.78, 5) is 15.4. The molecule has 1 atom stereocenters. The summed E-state index contributed by atoms with van der Waals surface area (Å²) in [5.74, 6) is 0.870. The minimum absolute atomic E-state index is 0.150. The molecule has 0 saturated carbocycles. The average Bonchev–Trinajstić information content (AvgIpc) is 3.13. The van der Waals surface area contributed by atoms with Crippen LogP contribution in [0.1, 0.15) is 36.1 Å². The number of rotatable bonds is 6. The molecule has 0 bridgehead atoms. The van der Waals surface area contributed by atoms with Gasteiger partial charge in [0.2, 0.25) is 0 Å². The van der Waals surface area contributed by atoms with Crippen molar-refractivity contribution >= 4 is 11.9 Å². The van der Waals surface area contributed by atoms with Gasteiger partial charge in [0.05, 0.1) is 6.10 Å². The lowest BCUT2D eigenvalue weighted by Gasteiger charge is -2.14. The highest BCUT2D eigenvalue weighted by Crippen LogP contribution is 2.11. The van der Waals surface area contributed by atoms with Crippen LogP contribution in [-0.4, -0.2) is 37.7 Å². The number of ether oxygens (including phenoxy) is 1. The molecule has 2 heterocycles. The van der Waals surface area contributed by atoms with Crippen molar-refractivity contribution in [2.24, 2.45) is 10.7 Å². The maximum absolute atomic E-state index is 11.0. The summed E-state index contributed by atoms with van der Waals surface area (Å²) >= 11 is 0. The molecule has 0 aromatic carbocycles. The number of amides is 1. The molecule has 7 heteroatoms. The van der Waals surface area contributed by atoms with Crippen LogP contribution in [0.15, 0.2) is 21.5 Å². The molecule has 1 saturated heterocycles. The number of furan rings is 1. The van der Waals surface area contributed by atoms with Gasteiger partial charge in [-0.1, -0.05) is 0 Å². The third-order valence-corrected chi connectivity index (χ3v) is 3.16. The normalized spacial score (nSPS) is 18.7. The van der Waals surface area contributed by atoms with Crippen molar-refractivity contribution in [1.29, 1.82) is 0 Å². The van der Waals surface area contributed by atoms with Crippen LogP contribution in [0.4, 0.5) is 0 Å². The zero-order valence-corrected chi connectivity index (χ0v) is 12.2. The van der Waals surface area contributed by atoms with Gasteiger partial charge >= 0.3 is 0 Å². The average molecular weight is 294 g/mol. The molecule has 1 aliphatic rings. The zero-order chi connectivity index (χ0) is 15.1. The van der Waals surface area contributed by atoms with E-state index in [4.69, 9.17) is 14.9 Å². The monoisotopic (exact) mass is 294 g/mol. The Morgan fingerprint density at radius 1 is 1.48 bits per heavy atom. The van der Waals surface area contributed by atoms with E-state index in [1.165, 1.54) is 0 Å². The second-order valence-corrected chi connectivity index (χ2v) is 4.84. The number of guanidine groups is 1. The fourth-order valence-corrected chi connectivity index (χ4v) is 2.11. The van der Waals surface area contributed by atoms with Gasteiger partial charge in [-0.2, -0.15) is 0 Å². The number of hydrogen-bond donors (Lipinski definition) is 3. The van der Waals surface area contributed by atoms with Crippen molar-refractivity contribution in [3.05, 3.63) is 23.7 Å². The van der Waals surface area contributed by atoms with Crippen molar-refractivity contribution in [2.45, 2.75) is 32.4 Å². The quantitative estimate of drug-likeness (QED) is 0.527. The molecule has 1 amide bonds. The molecule has 1 aliphatic heterocycles. The summed E-state index contributed by atoms with van der Waals surface area (Å²) in [7, 11) is 0. The molecule has 1 fully saturated rings. The largest absolute Gasteiger partial charge is 0.454 e. The van der Waals surface area contributed by atoms with Crippen molar-refractivity contribution in [3.63, 3.8) is 0 Å². The Labute approximate surface area is 123 Å². The van der Waals surface area contributed by atoms with Crippen LogP contribution in [0.2, 0.25) is 0 Å². The van der Waals surface area contributed by atoms with Gasteiger partial charge in [-0.25, -0.2) is 4.99 Å². The highest BCUT2D eigenvalue weighted by atomic mass is 16.5. The molecule has 2 rings (SSSR count). The first-order valence-electron chi connectivity index (χ1n) is 7.21. The number of carbonyl (C=O) groups excluding carboxylic acids is 1. The van der Waals surface area contributed by atoms with Crippen molar-refractivity contribution in [3.8, 4) is 0 Å². The second-order valence-electron chi connectivity index (χ2n) is 4.84. The van der Waals surface area contributed by atoms with Crippen LogP contribution in [0.3, 0.4) is 0 Å². The predicted molar refractivity (Wildman–Crippen MR) is 79.0 cm³/mol. The molecule has 4 N–H and O–H groups in total. The van der Waals surface area contributed by atoms with Crippen LogP contribution in [0.25, 0.3) is 0 Å². The zero-order valence-electron chi connectivity index (χ0n) is 12.2. The van der Waals surface area contributed by atoms with E-state index in [1.807, 2.05) is 6.92 Å². The Hall–Kier alpha value is -2.02. The fraction of sp³-hybridized carbons (Fsp3) is 0.571. The maximum atomic E-state index is 11.0. The third-order valence-electron chi connectivity index (χ3n) is 3.16. The number of nitrogens with one attached hydrogen (secondary N) is 2. The van der Waals surface area contributed by atoms with E-state index in [1.54, 1.807) is 12.1 Å². The van der Waals surface area contributed by atoms with E-state index in [9.17, 15) is 4.79 Å². The Bertz CT molecular complexity index is 492. The highest BCUT2D eigenvalue weighted by molar-refractivity contribution is 5.89. The number of nitrogens with zero attached hydrogens (tertiary/aromatic N) is 1. The van der Waals surface area contributed by atoms with Gasteiger partial charge in [-0.15, -0.1) is 0 Å². The standard InChI is InChI=1S/C14H22N4O3/c1-2-16-14(17-8-10-4-3-7-20-10)18-9-11-5-6-12(21-11)13(15)19/h5-6,10H,2-4,7-9H2,1H3,(H2,15,19)(H2,16,17,18). The summed E-state index contributed by atoms with van der Waals surface area (Å²) in [6.07, 6.45) is 2.44. The minimum Gasteiger partial charge on any atom is -0.454 e. The van der Waals surface area contributed by atoms with Gasteiger partial charge in [0, 0.05) is 19.7 Å². The third kappa shape index (κ3) is 4.78. The van der Waals surface area contributed by atoms with Crippen LogP contribution in [0.5, 0.6) is 0 Å². The van der Waals surface area contributed by atoms with E-state index in [2.05, 4.69) is 15.6 Å². The smallest absolute Gasteiger partial charge is 0.284 e. The van der Waals surface area contributed by atoms with Crippen molar-refractivity contribution in [2.75, 3.05) is 19.7 Å². The van der Waals surface area contributed by atoms with Gasteiger partial charge < -0.3 is 25.5 Å². The van der Waals surface area contributed by atoms with Crippen LogP contribution < -0.4 is 16.4 Å². The molecular formula is C14H22N4O3. The summed E-state index contributed by atoms with van der Waals surface area (Å²) in [5, 5.41) is 6.40. The van der Waals surface area contributed by atoms with Gasteiger partial charge in [0.15, 0.2) is 11.7 Å². The highest BCUT2D eigenvalue weighted by Gasteiger charge is 2.15. The molecule has 21 heavy (non-hydrogen) atoms. The molecule has 1 aromatic heterocycles. The molecule has 0 aliphatic carbocycles. The Kier molecular flexibility index (Phi) is 5.62. The predicted octanol–water partition coefficient (Wildman–Crippen LogP) is 0.613. The Morgan fingerprint density at radius 3 is 2.95 bits per heavy atom. The second kappa shape index (κ2) is 7.68.